The average Bonchev–Trinajstić information content (AvgIpc) is 2.97. The molecule has 2 heterocycles. The molecule has 0 aliphatic carbocycles. The van der Waals surface area contributed by atoms with Crippen molar-refractivity contribution >= 4 is 11.7 Å². The molecule has 0 spiro atoms. The first kappa shape index (κ1) is 18.2. The number of benzene rings is 1. The van der Waals surface area contributed by atoms with E-state index in [1.165, 1.54) is 11.3 Å². The van der Waals surface area contributed by atoms with Gasteiger partial charge in [0, 0.05) is 44.8 Å². The molecule has 0 radical (unpaired) electrons. The molecule has 2 fully saturated rings. The highest BCUT2D eigenvalue weighted by Crippen LogP contribution is 2.41. The number of aryl methyl sites for hydroxylation is 1. The zero-order valence-corrected chi connectivity index (χ0v) is 16.0. The van der Waals surface area contributed by atoms with Gasteiger partial charge in [-0.15, -0.1) is 0 Å². The maximum atomic E-state index is 12.2. The second-order valence-electron chi connectivity index (χ2n) is 7.62. The first-order valence-electron chi connectivity index (χ1n) is 9.82. The van der Waals surface area contributed by atoms with Crippen molar-refractivity contribution in [2.75, 3.05) is 37.6 Å². The molecule has 0 N–H and O–H groups in total. The van der Waals surface area contributed by atoms with Crippen LogP contribution in [0.5, 0.6) is 0 Å². The maximum absolute atomic E-state index is 12.2. The minimum absolute atomic E-state index is 0.0341. The van der Waals surface area contributed by atoms with Crippen molar-refractivity contribution in [2.24, 2.45) is 5.41 Å². The summed E-state index contributed by atoms with van der Waals surface area (Å²) < 4.78 is 5.68. The van der Waals surface area contributed by atoms with Crippen LogP contribution in [-0.2, 0) is 9.53 Å². The molecule has 0 bridgehead atoms. The number of piperazine rings is 1. The Hall–Kier alpha value is -1.55. The molecule has 1 aromatic rings. The summed E-state index contributed by atoms with van der Waals surface area (Å²) in [5.74, 6) is 0.0341. The highest BCUT2D eigenvalue weighted by molar-refractivity contribution is 5.78. The van der Waals surface area contributed by atoms with Gasteiger partial charge in [0.1, 0.15) is 6.10 Å². The van der Waals surface area contributed by atoms with Crippen molar-refractivity contribution in [1.29, 1.82) is 0 Å². The highest BCUT2D eigenvalue weighted by atomic mass is 16.6. The van der Waals surface area contributed by atoms with Gasteiger partial charge >= 0.3 is 5.97 Å². The fourth-order valence-corrected chi connectivity index (χ4v) is 4.28. The van der Waals surface area contributed by atoms with Crippen LogP contribution in [0.2, 0.25) is 0 Å². The van der Waals surface area contributed by atoms with Crippen LogP contribution < -0.4 is 4.90 Å². The average molecular weight is 344 g/mol. The van der Waals surface area contributed by atoms with E-state index in [0.717, 1.165) is 58.4 Å². The van der Waals surface area contributed by atoms with Gasteiger partial charge in [-0.05, 0) is 37.8 Å². The minimum Gasteiger partial charge on any atom is -0.462 e. The smallest absolute Gasteiger partial charge is 0.312 e. The molecule has 4 heteroatoms. The summed E-state index contributed by atoms with van der Waals surface area (Å²) in [6.07, 6.45) is 3.78. The molecular formula is C21H32N2O2. The van der Waals surface area contributed by atoms with Gasteiger partial charge in [0.2, 0.25) is 0 Å². The Morgan fingerprint density at radius 3 is 2.40 bits per heavy atom. The predicted octanol–water partition coefficient (Wildman–Crippen LogP) is 3.63. The number of hydrogen-bond acceptors (Lipinski definition) is 4. The van der Waals surface area contributed by atoms with Crippen LogP contribution in [-0.4, -0.2) is 49.7 Å². The van der Waals surface area contributed by atoms with Gasteiger partial charge in [0.05, 0.1) is 5.41 Å². The third-order valence-corrected chi connectivity index (χ3v) is 6.27. The van der Waals surface area contributed by atoms with E-state index in [9.17, 15) is 4.79 Å². The second-order valence-corrected chi connectivity index (χ2v) is 7.62. The van der Waals surface area contributed by atoms with E-state index in [1.54, 1.807) is 0 Å². The van der Waals surface area contributed by atoms with Crippen molar-refractivity contribution in [3.63, 3.8) is 0 Å². The summed E-state index contributed by atoms with van der Waals surface area (Å²) in [6.45, 7) is 11.7. The fourth-order valence-electron chi connectivity index (χ4n) is 4.28. The summed E-state index contributed by atoms with van der Waals surface area (Å²) in [5.41, 5.74) is 2.50. The van der Waals surface area contributed by atoms with E-state index in [2.05, 4.69) is 54.8 Å². The van der Waals surface area contributed by atoms with Crippen molar-refractivity contribution < 1.29 is 9.53 Å². The SMILES string of the molecule is CCC1(CC)C[C@@H](CCN2CCN(c3ccccc3C)CC2)OC1=O. The molecule has 0 aromatic heterocycles. The quantitative estimate of drug-likeness (QED) is 0.738. The molecule has 0 unspecified atom stereocenters. The van der Waals surface area contributed by atoms with E-state index in [4.69, 9.17) is 4.74 Å². The molecule has 2 saturated heterocycles. The van der Waals surface area contributed by atoms with Gasteiger partial charge in [-0.3, -0.25) is 9.69 Å². The van der Waals surface area contributed by atoms with E-state index < -0.39 is 0 Å². The number of esters is 1. The monoisotopic (exact) mass is 344 g/mol. The van der Waals surface area contributed by atoms with Crippen LogP contribution in [0.4, 0.5) is 5.69 Å². The lowest BCUT2D eigenvalue weighted by molar-refractivity contribution is -0.149. The third-order valence-electron chi connectivity index (χ3n) is 6.27. The van der Waals surface area contributed by atoms with Gasteiger partial charge < -0.3 is 9.64 Å². The molecule has 2 aliphatic rings. The van der Waals surface area contributed by atoms with Crippen LogP contribution in [0.25, 0.3) is 0 Å². The third kappa shape index (κ3) is 3.84. The van der Waals surface area contributed by atoms with Gasteiger partial charge in [0.25, 0.3) is 0 Å². The van der Waals surface area contributed by atoms with Crippen molar-refractivity contribution in [1.82, 2.24) is 4.90 Å². The van der Waals surface area contributed by atoms with Crippen LogP contribution in [0.3, 0.4) is 0 Å². The predicted molar refractivity (Wildman–Crippen MR) is 102 cm³/mol. The Morgan fingerprint density at radius 1 is 1.12 bits per heavy atom. The Balaban J connectivity index is 1.46. The summed E-state index contributed by atoms with van der Waals surface area (Å²) in [6, 6.07) is 8.63. The topological polar surface area (TPSA) is 32.8 Å². The van der Waals surface area contributed by atoms with Crippen LogP contribution in [0.1, 0.15) is 45.1 Å². The molecule has 3 rings (SSSR count). The zero-order chi connectivity index (χ0) is 17.9. The second kappa shape index (κ2) is 7.77. The maximum Gasteiger partial charge on any atom is 0.312 e. The zero-order valence-electron chi connectivity index (χ0n) is 16.0. The molecule has 138 valence electrons. The van der Waals surface area contributed by atoms with Crippen molar-refractivity contribution in [2.45, 2.75) is 52.6 Å². The van der Waals surface area contributed by atoms with Crippen molar-refractivity contribution in [3.05, 3.63) is 29.8 Å². The van der Waals surface area contributed by atoms with E-state index in [1.807, 2.05) is 0 Å². The lowest BCUT2D eigenvalue weighted by Crippen LogP contribution is -2.47. The Morgan fingerprint density at radius 2 is 1.80 bits per heavy atom. The van der Waals surface area contributed by atoms with Gasteiger partial charge in [0.15, 0.2) is 0 Å². The molecule has 4 nitrogen and oxygen atoms in total. The van der Waals surface area contributed by atoms with Gasteiger partial charge in [-0.2, -0.15) is 0 Å². The number of carbonyl (C=O) groups excluding carboxylic acids is 1. The standard InChI is InChI=1S/C21H32N2O2/c1-4-21(5-2)16-18(25-20(21)24)10-11-22-12-14-23(15-13-22)19-9-7-6-8-17(19)3/h6-9,18H,4-5,10-16H2,1-3H3/t18-/m1/s1. The lowest BCUT2D eigenvalue weighted by Gasteiger charge is -2.37. The number of hydrogen-bond donors (Lipinski definition) is 0. The number of ether oxygens (including phenoxy) is 1. The molecule has 0 saturated carbocycles. The Bertz CT molecular complexity index is 589. The van der Waals surface area contributed by atoms with Crippen LogP contribution in [0.15, 0.2) is 24.3 Å². The normalized spacial score (nSPS) is 23.7. The fraction of sp³-hybridized carbons (Fsp3) is 0.667. The number of cyclic esters (lactones) is 1. The summed E-state index contributed by atoms with van der Waals surface area (Å²) in [5, 5.41) is 0. The van der Waals surface area contributed by atoms with E-state index >= 15 is 0 Å². The summed E-state index contributed by atoms with van der Waals surface area (Å²) >= 11 is 0. The Labute approximate surface area is 152 Å². The molecule has 25 heavy (non-hydrogen) atoms. The Kier molecular flexibility index (Phi) is 5.67. The number of carbonyl (C=O) groups is 1. The van der Waals surface area contributed by atoms with Crippen LogP contribution >= 0.6 is 0 Å². The molecular weight excluding hydrogens is 312 g/mol. The molecule has 2 aliphatic heterocycles. The highest BCUT2D eigenvalue weighted by Gasteiger charge is 2.46. The van der Waals surface area contributed by atoms with Crippen molar-refractivity contribution in [3.8, 4) is 0 Å². The molecule has 0 amide bonds. The van der Waals surface area contributed by atoms with Gasteiger partial charge in [-0.1, -0.05) is 32.0 Å². The summed E-state index contributed by atoms with van der Waals surface area (Å²) in [7, 11) is 0. The summed E-state index contributed by atoms with van der Waals surface area (Å²) in [4.78, 5) is 17.2. The number of rotatable bonds is 6. The number of nitrogens with zero attached hydrogens (tertiary/aromatic N) is 2. The minimum atomic E-state index is -0.214. The first-order chi connectivity index (χ1) is 12.1. The lowest BCUT2D eigenvalue weighted by atomic mass is 9.79. The van der Waals surface area contributed by atoms with E-state index in [-0.39, 0.29) is 17.5 Å². The number of anilines is 1. The molecule has 1 atom stereocenters. The molecule has 1 aromatic carbocycles. The van der Waals surface area contributed by atoms with Gasteiger partial charge in [-0.25, -0.2) is 0 Å². The first-order valence-corrected chi connectivity index (χ1v) is 9.82. The number of para-hydroxylation sites is 1. The largest absolute Gasteiger partial charge is 0.462 e. The van der Waals surface area contributed by atoms with E-state index in [0.29, 0.717) is 0 Å². The van der Waals surface area contributed by atoms with Crippen LogP contribution in [0, 0.1) is 12.3 Å².